The van der Waals surface area contributed by atoms with Gasteiger partial charge in [-0.3, -0.25) is 48.8 Å². The molecule has 30 heteroatoms. The van der Waals surface area contributed by atoms with Crippen molar-refractivity contribution in [3.63, 3.8) is 0 Å². The number of nitrogens with one attached hydrogen (secondary N) is 3. The number of carbonyl (C=O) groups is 1. The van der Waals surface area contributed by atoms with Gasteiger partial charge in [-0.05, 0) is 24.2 Å². The Balaban J connectivity index is 0.000000171. The highest BCUT2D eigenvalue weighted by Crippen LogP contribution is 2.50. The number of H-pyrrole nitrogens is 1. The molecule has 0 unspecified atom stereocenters. The third-order valence-electron chi connectivity index (χ3n) is 12.6. The third-order valence-corrected chi connectivity index (χ3v) is 13.2. The summed E-state index contributed by atoms with van der Waals surface area (Å²) in [6.45, 7) is -0.392. The van der Waals surface area contributed by atoms with Crippen LogP contribution in [0, 0.1) is 54.2 Å². The molecule has 3 aliphatic heterocycles. The van der Waals surface area contributed by atoms with Crippen LogP contribution in [0.2, 0.25) is 10.0 Å². The molecule has 5 N–H and O–H groups in total. The lowest BCUT2D eigenvalue weighted by atomic mass is 9.83. The van der Waals surface area contributed by atoms with E-state index in [1.165, 1.54) is 68.8 Å². The highest BCUT2D eigenvalue weighted by Gasteiger charge is 2.51. The Morgan fingerprint density at radius 1 is 0.773 bits per heavy atom. The Morgan fingerprint density at radius 3 is 1.76 bits per heavy atom. The molecule has 28 nitrogen and oxygen atoms in total. The molecule has 0 spiro atoms. The zero-order valence-corrected chi connectivity index (χ0v) is 41.5. The number of halogens is 2. The number of anilines is 7. The lowest BCUT2D eigenvalue weighted by molar-refractivity contribution is -0.385. The second-order valence-corrected chi connectivity index (χ2v) is 18.9. The number of aromatic nitrogens is 14. The zero-order chi connectivity index (χ0) is 64.0. The molecule has 4 fully saturated rings. The second-order valence-electron chi connectivity index (χ2n) is 18.1. The molecular formula is C45H57Cl2N23O5. The first-order chi connectivity index (χ1) is 40.5. The number of aromatic amines is 1. The van der Waals surface area contributed by atoms with Crippen molar-refractivity contribution < 1.29 is 31.1 Å². The maximum atomic E-state index is 12.1. The van der Waals surface area contributed by atoms with Gasteiger partial charge in [-0.15, -0.1) is 0 Å². The molecule has 1 saturated carbocycles. The van der Waals surface area contributed by atoms with Crippen molar-refractivity contribution in [3.8, 4) is 6.07 Å². The molecule has 7 aromatic heterocycles. The smallest absolute Gasteiger partial charge is 0.306 e. The number of nitrogen functional groups attached to an aromatic ring is 1. The van der Waals surface area contributed by atoms with E-state index in [1.807, 2.05) is 6.07 Å². The Hall–Kier alpha value is -8.45. The summed E-state index contributed by atoms with van der Waals surface area (Å²) in [6, 6.07) is 1.92. The molecule has 396 valence electrons. The van der Waals surface area contributed by atoms with E-state index in [0.29, 0.717) is 81.1 Å². The molecule has 75 heavy (non-hydrogen) atoms. The van der Waals surface area contributed by atoms with Gasteiger partial charge in [0.25, 0.3) is 0 Å². The number of likely N-dealkylation sites (tertiary alicyclic amines) is 1. The number of hydrogen-bond acceptors (Lipinski definition) is 20. The number of amides is 1. The molecule has 10 heterocycles. The summed E-state index contributed by atoms with van der Waals surface area (Å²) < 4.78 is 88.6. The molecular weight excluding hydrogens is 1010 g/mol. The number of aryl methyl sites for hydroxylation is 4. The standard InChI is InChI=1S/C18H21ClN8O.C16H21ClN6.C4H5N3O2.C4H7N3.C3H3N3O2/c1-18-10-26(15(28)3-4-20)7-12(18)8-27(11-18)16-14(19)6-21-17(24-16)23-13-5-22-25(2)9-13;1-16-5-3-4-11(16)8-23(10-16)14-13(17)7-18-15(21-14)20-12-6-19-22(2)9-12;1-6-3-4(2-5-6)7(8)9;1-7-3-4(5)2-6-7;7-6(8)3-1-4-5-2-3/h5-6,9,12H,3,7-8,10-11H2,1-2H3,(H,21,23,24);6-7,9,11H,3-5,8,10H2,1-2H3,(H,18,20,21);2-3H,1H3;2-3H,5H2,1H3;1-2H,(H,4,5)/t12-,18+;11-,16+;;;/m00.../s1/i2*2D3;2*1D3;. The number of rotatable bonds is 9. The van der Waals surface area contributed by atoms with Crippen LogP contribution in [-0.4, -0.2) is 129 Å². The van der Waals surface area contributed by atoms with E-state index < -0.39 is 37.7 Å². The van der Waals surface area contributed by atoms with E-state index in [-0.39, 0.29) is 41.0 Å². The predicted octanol–water partition coefficient (Wildman–Crippen LogP) is 5.69. The van der Waals surface area contributed by atoms with Gasteiger partial charge in [0.15, 0.2) is 11.6 Å². The third kappa shape index (κ3) is 14.0. The number of nitriles is 1. The van der Waals surface area contributed by atoms with Gasteiger partial charge in [0.2, 0.25) is 17.8 Å². The average molecular weight is 1080 g/mol. The van der Waals surface area contributed by atoms with Crippen LogP contribution in [0.1, 0.15) is 56.0 Å². The summed E-state index contributed by atoms with van der Waals surface area (Å²) >= 11 is 12.7. The highest BCUT2D eigenvalue weighted by molar-refractivity contribution is 6.33. The molecule has 0 radical (unpaired) electrons. The summed E-state index contributed by atoms with van der Waals surface area (Å²) in [4.78, 5) is 54.4. The zero-order valence-electron chi connectivity index (χ0n) is 52.0. The fourth-order valence-corrected chi connectivity index (χ4v) is 9.45. The van der Waals surface area contributed by atoms with Gasteiger partial charge in [0, 0.05) is 114 Å². The minimum atomic E-state index is -2.45. The monoisotopic (exact) mass is 1080 g/mol. The normalized spacial score (nSPS) is 22.9. The molecule has 7 aromatic rings. The summed E-state index contributed by atoms with van der Waals surface area (Å²) in [5.41, 5.74) is 6.44. The molecule has 1 aliphatic carbocycles. The molecule has 0 aromatic carbocycles. The molecule has 11 rings (SSSR count). The maximum Gasteiger partial charge on any atom is 0.306 e. The minimum Gasteiger partial charge on any atom is -0.396 e. The van der Waals surface area contributed by atoms with Crippen molar-refractivity contribution in [3.05, 3.63) is 105 Å². The van der Waals surface area contributed by atoms with Crippen molar-refractivity contribution in [1.82, 2.24) is 74.2 Å². The first kappa shape index (κ1) is 40.0. The van der Waals surface area contributed by atoms with Gasteiger partial charge in [-0.2, -0.15) is 40.7 Å². The second kappa shape index (κ2) is 23.6. The number of nitro groups is 2. The van der Waals surface area contributed by atoms with Gasteiger partial charge >= 0.3 is 11.4 Å². The Bertz CT molecular complexity index is 3570. The van der Waals surface area contributed by atoms with E-state index in [9.17, 15) is 25.0 Å². The number of fused-ring (bicyclic) bond motifs is 2. The van der Waals surface area contributed by atoms with Crippen LogP contribution in [-0.2, 0) is 32.7 Å². The highest BCUT2D eigenvalue weighted by atomic mass is 35.5. The van der Waals surface area contributed by atoms with Crippen molar-refractivity contribution in [2.24, 2.45) is 50.6 Å². The van der Waals surface area contributed by atoms with Gasteiger partial charge in [-0.1, -0.05) is 43.5 Å². The molecule has 4 aliphatic rings. The van der Waals surface area contributed by atoms with Gasteiger partial charge in [0.1, 0.15) is 35.1 Å². The Labute approximate surface area is 457 Å². The van der Waals surface area contributed by atoms with E-state index in [0.717, 1.165) is 51.5 Å². The number of carbonyl (C=O) groups excluding carboxylic acids is 1. The topological polar surface area (TPSA) is 338 Å². The van der Waals surface area contributed by atoms with Crippen LogP contribution in [0.3, 0.4) is 0 Å². The molecule has 4 atom stereocenters. The van der Waals surface area contributed by atoms with Crippen LogP contribution in [0.5, 0.6) is 0 Å². The maximum absolute atomic E-state index is 12.1. The lowest BCUT2D eigenvalue weighted by Crippen LogP contribution is -2.35. The van der Waals surface area contributed by atoms with Crippen molar-refractivity contribution in [2.75, 3.05) is 65.4 Å². The number of nitrogens with zero attached hydrogens (tertiary/aromatic N) is 19. The van der Waals surface area contributed by atoms with Crippen LogP contribution >= 0.6 is 23.2 Å². The lowest BCUT2D eigenvalue weighted by Gasteiger charge is -2.26. The number of hydrogen-bond donors (Lipinski definition) is 4. The van der Waals surface area contributed by atoms with Gasteiger partial charge in [-0.25, -0.2) is 9.97 Å². The van der Waals surface area contributed by atoms with Crippen LogP contribution < -0.4 is 26.2 Å². The summed E-state index contributed by atoms with van der Waals surface area (Å²) in [7, 11) is 0. The van der Waals surface area contributed by atoms with E-state index in [1.54, 1.807) is 11.1 Å². The van der Waals surface area contributed by atoms with Crippen molar-refractivity contribution in [2.45, 2.75) is 39.5 Å². The first-order valence-electron chi connectivity index (χ1n) is 28.5. The van der Waals surface area contributed by atoms with Gasteiger partial charge in [0.05, 0.1) is 70.2 Å². The van der Waals surface area contributed by atoms with Crippen molar-refractivity contribution >= 4 is 81.1 Å². The first-order valence-corrected chi connectivity index (χ1v) is 23.3. The van der Waals surface area contributed by atoms with Crippen LogP contribution in [0.4, 0.5) is 52.0 Å². The van der Waals surface area contributed by atoms with Crippen LogP contribution in [0.25, 0.3) is 0 Å². The molecule has 0 bridgehead atoms. The fourth-order valence-electron chi connectivity index (χ4n) is 9.02. The average Bonchev–Trinajstić information content (AvgIpc) is 1.72. The Morgan fingerprint density at radius 2 is 1.32 bits per heavy atom. The SMILES string of the molecule is O=[N+]([O-])c1cn[nH]c1.[2H]C([2H])([2H])n1cc(N)cn1.[2H]C([2H])([2H])n1cc(Nc2ncc(Cl)c(N3C[C@@H]4CCC[C@]4(C)C3)n2)cn1.[2H]C([2H])([2H])n1cc(Nc2ncc(Cl)c(N3C[C@@H]4CN(C(=O)CC#N)C[C@]4(C)C3)n2)cn1.[2H]C([2H])([2H])n1cc([N+](=O)[O-])cn1. The summed E-state index contributed by atoms with van der Waals surface area (Å²) in [5.74, 6) is 2.75. The van der Waals surface area contributed by atoms with E-state index in [4.69, 9.17) is 50.6 Å². The molecule has 1 amide bonds. The number of nitrogens with two attached hydrogens (primary N) is 1. The van der Waals surface area contributed by atoms with Crippen molar-refractivity contribution in [1.29, 1.82) is 5.26 Å². The minimum absolute atomic E-state index is 0.00926. The molecule has 3 saturated heterocycles. The fraction of sp³-hybridized carbons (Fsp3) is 0.444. The quantitative estimate of drug-likeness (QED) is 0.0996. The van der Waals surface area contributed by atoms with E-state index in [2.05, 4.69) is 84.8 Å². The van der Waals surface area contributed by atoms with Crippen LogP contribution in [0.15, 0.2) is 74.4 Å². The Kier molecular flexibility index (Phi) is 12.6. The largest absolute Gasteiger partial charge is 0.396 e. The summed E-state index contributed by atoms with van der Waals surface area (Å²) in [6.07, 6.45) is 19.1. The van der Waals surface area contributed by atoms with E-state index >= 15 is 0 Å². The summed E-state index contributed by atoms with van der Waals surface area (Å²) in [5, 5.41) is 55.8. The predicted molar refractivity (Wildman–Crippen MR) is 278 cm³/mol. The van der Waals surface area contributed by atoms with Gasteiger partial charge < -0.3 is 31.1 Å².